The van der Waals surface area contributed by atoms with E-state index in [2.05, 4.69) is 67.8 Å². The van der Waals surface area contributed by atoms with E-state index in [1.165, 1.54) is 46.2 Å². The Balaban J connectivity index is 1.90. The SMILES string of the molecule is CCc1cccc(-c2ccc(N)c(SC)c2)c1-c1cccc(C2CC2)c1. The van der Waals surface area contributed by atoms with Gasteiger partial charge in [0.2, 0.25) is 0 Å². The van der Waals surface area contributed by atoms with Crippen LogP contribution in [-0.2, 0) is 6.42 Å². The second-order valence-corrected chi connectivity index (χ2v) is 7.90. The monoisotopic (exact) mass is 359 g/mol. The number of rotatable bonds is 5. The molecule has 0 atom stereocenters. The van der Waals surface area contributed by atoms with Gasteiger partial charge in [0.25, 0.3) is 0 Å². The average Bonchev–Trinajstić information content (AvgIpc) is 3.53. The number of anilines is 1. The zero-order chi connectivity index (χ0) is 18.1. The van der Waals surface area contributed by atoms with Gasteiger partial charge in [-0.05, 0) is 76.9 Å². The molecule has 0 saturated heterocycles. The second-order valence-electron chi connectivity index (χ2n) is 7.05. The van der Waals surface area contributed by atoms with Gasteiger partial charge >= 0.3 is 0 Å². The number of nitrogen functional groups attached to an aromatic ring is 1. The molecule has 0 aromatic heterocycles. The van der Waals surface area contributed by atoms with Crippen LogP contribution in [-0.4, -0.2) is 6.26 Å². The Bertz CT molecular complexity index is 941. The van der Waals surface area contributed by atoms with E-state index in [1.54, 1.807) is 11.8 Å². The lowest BCUT2D eigenvalue weighted by Crippen LogP contribution is -1.94. The third-order valence-corrected chi connectivity index (χ3v) is 6.09. The summed E-state index contributed by atoms with van der Waals surface area (Å²) < 4.78 is 0. The van der Waals surface area contributed by atoms with Crippen molar-refractivity contribution >= 4 is 17.4 Å². The first-order chi connectivity index (χ1) is 12.7. The zero-order valence-electron chi connectivity index (χ0n) is 15.5. The van der Waals surface area contributed by atoms with Crippen molar-refractivity contribution in [2.45, 2.75) is 37.0 Å². The average molecular weight is 360 g/mol. The van der Waals surface area contributed by atoms with Gasteiger partial charge in [0.1, 0.15) is 0 Å². The maximum atomic E-state index is 6.12. The summed E-state index contributed by atoms with van der Waals surface area (Å²) in [6, 6.07) is 22.3. The van der Waals surface area contributed by atoms with E-state index in [1.807, 2.05) is 6.07 Å². The molecule has 0 heterocycles. The fourth-order valence-electron chi connectivity index (χ4n) is 3.72. The van der Waals surface area contributed by atoms with Crippen LogP contribution in [0.2, 0.25) is 0 Å². The van der Waals surface area contributed by atoms with Gasteiger partial charge in [-0.3, -0.25) is 0 Å². The molecule has 0 unspecified atom stereocenters. The summed E-state index contributed by atoms with van der Waals surface area (Å²) in [5.74, 6) is 0.770. The molecule has 2 heteroatoms. The summed E-state index contributed by atoms with van der Waals surface area (Å²) in [5.41, 5.74) is 15.1. The normalized spacial score (nSPS) is 13.8. The van der Waals surface area contributed by atoms with Crippen molar-refractivity contribution < 1.29 is 0 Å². The Morgan fingerprint density at radius 2 is 1.77 bits per heavy atom. The van der Waals surface area contributed by atoms with Crippen molar-refractivity contribution in [1.82, 2.24) is 0 Å². The molecule has 1 saturated carbocycles. The summed E-state index contributed by atoms with van der Waals surface area (Å²) >= 11 is 1.71. The van der Waals surface area contributed by atoms with Crippen LogP contribution in [0.1, 0.15) is 36.8 Å². The lowest BCUT2D eigenvalue weighted by atomic mass is 9.88. The van der Waals surface area contributed by atoms with Crippen LogP contribution >= 0.6 is 11.8 Å². The number of hydrogen-bond donors (Lipinski definition) is 1. The van der Waals surface area contributed by atoms with Gasteiger partial charge in [0.15, 0.2) is 0 Å². The number of hydrogen-bond acceptors (Lipinski definition) is 2. The molecule has 1 nitrogen and oxygen atoms in total. The van der Waals surface area contributed by atoms with Gasteiger partial charge in [-0.25, -0.2) is 0 Å². The Hall–Kier alpha value is -2.19. The number of nitrogens with two attached hydrogens (primary N) is 1. The van der Waals surface area contributed by atoms with E-state index in [0.29, 0.717) is 0 Å². The maximum Gasteiger partial charge on any atom is 0.0452 e. The Kier molecular flexibility index (Phi) is 4.78. The quantitative estimate of drug-likeness (QED) is 0.402. The number of benzene rings is 3. The molecule has 3 aromatic carbocycles. The van der Waals surface area contributed by atoms with Crippen molar-refractivity contribution in [3.05, 3.63) is 71.8 Å². The zero-order valence-corrected chi connectivity index (χ0v) is 16.3. The summed E-state index contributed by atoms with van der Waals surface area (Å²) in [6.45, 7) is 2.24. The fraction of sp³-hybridized carbons (Fsp3) is 0.250. The Morgan fingerprint density at radius 3 is 2.50 bits per heavy atom. The molecule has 0 spiro atoms. The van der Waals surface area contributed by atoms with Crippen molar-refractivity contribution in [3.8, 4) is 22.3 Å². The number of thioether (sulfide) groups is 1. The van der Waals surface area contributed by atoms with E-state index in [-0.39, 0.29) is 0 Å². The van der Waals surface area contributed by atoms with E-state index in [4.69, 9.17) is 5.73 Å². The van der Waals surface area contributed by atoms with Crippen molar-refractivity contribution in [2.75, 3.05) is 12.0 Å². The predicted molar refractivity (Wildman–Crippen MR) is 115 cm³/mol. The van der Waals surface area contributed by atoms with Crippen LogP contribution in [0.4, 0.5) is 5.69 Å². The molecule has 1 aliphatic carbocycles. The van der Waals surface area contributed by atoms with Gasteiger partial charge in [0.05, 0.1) is 0 Å². The highest BCUT2D eigenvalue weighted by Gasteiger charge is 2.24. The Morgan fingerprint density at radius 1 is 0.962 bits per heavy atom. The molecule has 2 N–H and O–H groups in total. The molecular formula is C24H25NS. The first-order valence-electron chi connectivity index (χ1n) is 9.37. The molecule has 26 heavy (non-hydrogen) atoms. The van der Waals surface area contributed by atoms with Crippen LogP contribution < -0.4 is 5.73 Å². The van der Waals surface area contributed by atoms with Crippen LogP contribution in [0, 0.1) is 0 Å². The fourth-order valence-corrected chi connectivity index (χ4v) is 4.27. The van der Waals surface area contributed by atoms with E-state index >= 15 is 0 Å². The summed E-state index contributed by atoms with van der Waals surface area (Å²) in [4.78, 5) is 1.14. The largest absolute Gasteiger partial charge is 0.398 e. The highest BCUT2D eigenvalue weighted by molar-refractivity contribution is 7.98. The molecule has 4 rings (SSSR count). The molecule has 3 aromatic rings. The lowest BCUT2D eigenvalue weighted by molar-refractivity contribution is 1.12. The van der Waals surface area contributed by atoms with Crippen molar-refractivity contribution in [1.29, 1.82) is 0 Å². The van der Waals surface area contributed by atoms with Gasteiger partial charge in [0, 0.05) is 10.6 Å². The third kappa shape index (κ3) is 3.26. The summed E-state index contributed by atoms with van der Waals surface area (Å²) in [7, 11) is 0. The Labute approximate surface area is 160 Å². The first kappa shape index (κ1) is 17.2. The van der Waals surface area contributed by atoms with Gasteiger partial charge in [-0.2, -0.15) is 0 Å². The topological polar surface area (TPSA) is 26.0 Å². The van der Waals surface area contributed by atoms with Crippen LogP contribution in [0.3, 0.4) is 0 Å². The maximum absolute atomic E-state index is 6.12. The van der Waals surface area contributed by atoms with E-state index in [9.17, 15) is 0 Å². The second kappa shape index (κ2) is 7.20. The predicted octanol–water partition coefficient (Wildman–Crippen LogP) is 6.76. The lowest BCUT2D eigenvalue weighted by Gasteiger charge is -2.17. The van der Waals surface area contributed by atoms with Crippen LogP contribution in [0.5, 0.6) is 0 Å². The van der Waals surface area contributed by atoms with Gasteiger partial charge < -0.3 is 5.73 Å². The summed E-state index contributed by atoms with van der Waals surface area (Å²) in [5, 5.41) is 0. The minimum absolute atomic E-state index is 0.770. The van der Waals surface area contributed by atoms with Gasteiger partial charge in [-0.1, -0.05) is 55.5 Å². The highest BCUT2D eigenvalue weighted by atomic mass is 32.2. The molecule has 1 aliphatic rings. The molecule has 0 amide bonds. The van der Waals surface area contributed by atoms with Gasteiger partial charge in [-0.15, -0.1) is 11.8 Å². The molecular weight excluding hydrogens is 334 g/mol. The smallest absolute Gasteiger partial charge is 0.0452 e. The molecule has 0 aliphatic heterocycles. The van der Waals surface area contributed by atoms with Crippen molar-refractivity contribution in [2.24, 2.45) is 0 Å². The highest BCUT2D eigenvalue weighted by Crippen LogP contribution is 2.43. The molecule has 0 radical (unpaired) electrons. The minimum Gasteiger partial charge on any atom is -0.398 e. The van der Waals surface area contributed by atoms with E-state index in [0.717, 1.165) is 22.9 Å². The van der Waals surface area contributed by atoms with Crippen LogP contribution in [0.25, 0.3) is 22.3 Å². The van der Waals surface area contributed by atoms with Crippen LogP contribution in [0.15, 0.2) is 65.6 Å². The first-order valence-corrected chi connectivity index (χ1v) is 10.6. The summed E-state index contributed by atoms with van der Waals surface area (Å²) in [6.07, 6.45) is 5.78. The molecule has 1 fully saturated rings. The van der Waals surface area contributed by atoms with Crippen molar-refractivity contribution in [3.63, 3.8) is 0 Å². The molecule has 0 bridgehead atoms. The molecule has 132 valence electrons. The standard InChI is InChI=1S/C24H25NS/c1-3-16-6-5-9-21(19-12-13-22(25)23(15-19)26-2)24(16)20-8-4-7-18(14-20)17-10-11-17/h4-9,12-15,17H,3,10-11,25H2,1-2H3. The number of aryl methyl sites for hydroxylation is 1. The minimum atomic E-state index is 0.770. The third-order valence-electron chi connectivity index (χ3n) is 5.30. The van der Waals surface area contributed by atoms with E-state index < -0.39 is 0 Å².